The molecule has 4 aromatic rings. The summed E-state index contributed by atoms with van der Waals surface area (Å²) in [6.45, 7) is 4.09. The van der Waals surface area contributed by atoms with Crippen LogP contribution < -0.4 is 0 Å². The van der Waals surface area contributed by atoms with Crippen molar-refractivity contribution in [3.8, 4) is 34.0 Å². The second kappa shape index (κ2) is 9.46. The molecule has 2 heterocycles. The summed E-state index contributed by atoms with van der Waals surface area (Å²) in [5.41, 5.74) is 5.79. The number of aromatic nitrogens is 2. The first-order chi connectivity index (χ1) is 15.6. The highest BCUT2D eigenvalue weighted by atomic mass is 32.1. The summed E-state index contributed by atoms with van der Waals surface area (Å²) in [7, 11) is 0. The molecule has 0 atom stereocenters. The number of ether oxygens (including phenoxy) is 1. The molecule has 0 radical (unpaired) electrons. The minimum Gasteiger partial charge on any atom is -0.463 e. The molecular formula is C26H21N3O2S. The number of carbonyl (C=O) groups excluding carboxylic acids is 1. The lowest BCUT2D eigenvalue weighted by molar-refractivity contribution is -0.137. The van der Waals surface area contributed by atoms with E-state index in [1.54, 1.807) is 30.5 Å². The normalized spacial score (nSPS) is 10.9. The first kappa shape index (κ1) is 21.3. The van der Waals surface area contributed by atoms with Crippen LogP contribution in [-0.4, -0.2) is 22.1 Å². The lowest BCUT2D eigenvalue weighted by Gasteiger charge is -2.10. The molecule has 0 aliphatic heterocycles. The Balaban J connectivity index is 1.78. The van der Waals surface area contributed by atoms with Crippen LogP contribution in [0.3, 0.4) is 0 Å². The highest BCUT2D eigenvalue weighted by Crippen LogP contribution is 2.40. The monoisotopic (exact) mass is 439 g/mol. The molecule has 0 unspecified atom stereocenters. The largest absolute Gasteiger partial charge is 0.463 e. The van der Waals surface area contributed by atoms with Crippen molar-refractivity contribution in [3.63, 3.8) is 0 Å². The average molecular weight is 440 g/mol. The fraction of sp³-hybridized carbons (Fsp3) is 0.115. The maximum Gasteiger partial charge on any atom is 0.330 e. The number of aryl methyl sites for hydroxylation is 1. The highest BCUT2D eigenvalue weighted by molar-refractivity contribution is 7.12. The SMILES string of the molecule is CCOC(=O)/C=C/c1scc(-c2ccc(C#N)cc2)c1-c1ccc(-n2ccnc2C)cc1. The molecule has 0 bridgehead atoms. The van der Waals surface area contributed by atoms with Gasteiger partial charge in [-0.05, 0) is 60.7 Å². The van der Waals surface area contributed by atoms with Crippen molar-refractivity contribution in [1.82, 2.24) is 9.55 Å². The third-order valence-corrected chi connectivity index (χ3v) is 6.01. The molecule has 0 aliphatic rings. The van der Waals surface area contributed by atoms with E-state index in [1.165, 1.54) is 6.08 Å². The molecule has 4 rings (SSSR count). The molecule has 0 saturated heterocycles. The summed E-state index contributed by atoms with van der Waals surface area (Å²) < 4.78 is 7.06. The van der Waals surface area contributed by atoms with Gasteiger partial charge in [0.2, 0.25) is 0 Å². The number of esters is 1. The van der Waals surface area contributed by atoms with E-state index in [-0.39, 0.29) is 5.97 Å². The minimum absolute atomic E-state index is 0.339. The Bertz CT molecular complexity index is 1310. The zero-order chi connectivity index (χ0) is 22.5. The molecule has 6 heteroatoms. The summed E-state index contributed by atoms with van der Waals surface area (Å²) in [4.78, 5) is 17.1. The van der Waals surface area contributed by atoms with Gasteiger partial charge < -0.3 is 9.30 Å². The van der Waals surface area contributed by atoms with E-state index in [9.17, 15) is 4.79 Å². The molecule has 0 spiro atoms. The first-order valence-corrected chi connectivity index (χ1v) is 11.1. The van der Waals surface area contributed by atoms with Crippen LogP contribution in [0, 0.1) is 18.3 Å². The van der Waals surface area contributed by atoms with Gasteiger partial charge in [0.05, 0.1) is 18.2 Å². The smallest absolute Gasteiger partial charge is 0.330 e. The van der Waals surface area contributed by atoms with Crippen molar-refractivity contribution >= 4 is 23.4 Å². The van der Waals surface area contributed by atoms with Gasteiger partial charge in [-0.15, -0.1) is 11.3 Å². The molecule has 0 N–H and O–H groups in total. The van der Waals surface area contributed by atoms with Gasteiger partial charge in [-0.25, -0.2) is 9.78 Å². The molecule has 2 aromatic heterocycles. The van der Waals surface area contributed by atoms with E-state index in [1.807, 2.05) is 42.0 Å². The third-order valence-electron chi connectivity index (χ3n) is 5.06. The number of hydrogen-bond donors (Lipinski definition) is 0. The number of benzene rings is 2. The molecule has 0 amide bonds. The maximum absolute atomic E-state index is 11.9. The van der Waals surface area contributed by atoms with Crippen molar-refractivity contribution in [1.29, 1.82) is 5.26 Å². The number of imidazole rings is 1. The van der Waals surface area contributed by atoms with E-state index in [4.69, 9.17) is 10.00 Å². The predicted octanol–water partition coefficient (Wildman–Crippen LogP) is 6.02. The number of rotatable bonds is 6. The number of thiophene rings is 1. The van der Waals surface area contributed by atoms with E-state index in [0.717, 1.165) is 38.6 Å². The molecular weight excluding hydrogens is 418 g/mol. The average Bonchev–Trinajstić information content (AvgIpc) is 3.44. The Hall–Kier alpha value is -3.95. The van der Waals surface area contributed by atoms with Crippen molar-refractivity contribution in [2.24, 2.45) is 0 Å². The summed E-state index contributed by atoms with van der Waals surface area (Å²) in [5.74, 6) is 0.558. The zero-order valence-corrected chi connectivity index (χ0v) is 18.6. The highest BCUT2D eigenvalue weighted by Gasteiger charge is 2.15. The number of nitrogens with zero attached hydrogens (tertiary/aromatic N) is 3. The van der Waals surface area contributed by atoms with Crippen molar-refractivity contribution in [3.05, 3.63) is 88.6 Å². The maximum atomic E-state index is 11.9. The van der Waals surface area contributed by atoms with Gasteiger partial charge >= 0.3 is 5.97 Å². The summed E-state index contributed by atoms with van der Waals surface area (Å²) in [6.07, 6.45) is 6.98. The summed E-state index contributed by atoms with van der Waals surface area (Å²) in [6, 6.07) is 18.0. The van der Waals surface area contributed by atoms with E-state index in [0.29, 0.717) is 12.2 Å². The molecule has 5 nitrogen and oxygen atoms in total. The topological polar surface area (TPSA) is 67.9 Å². The summed E-state index contributed by atoms with van der Waals surface area (Å²) >= 11 is 1.57. The first-order valence-electron chi connectivity index (χ1n) is 10.2. The van der Waals surface area contributed by atoms with Crippen LogP contribution >= 0.6 is 11.3 Å². The van der Waals surface area contributed by atoms with Crippen LogP contribution in [0.25, 0.3) is 34.0 Å². The second-order valence-corrected chi connectivity index (χ2v) is 7.97. The molecule has 0 fully saturated rings. The Kier molecular flexibility index (Phi) is 6.29. The standard InChI is InChI=1S/C26H21N3O2S/c1-3-31-25(30)13-12-24-26(23(17-32-24)20-6-4-19(16-27)5-7-20)21-8-10-22(11-9-21)29-15-14-28-18(29)2/h4-15,17H,3H2,1-2H3/b13-12+. The Morgan fingerprint density at radius 2 is 1.88 bits per heavy atom. The van der Waals surface area contributed by atoms with E-state index < -0.39 is 0 Å². The molecule has 158 valence electrons. The zero-order valence-electron chi connectivity index (χ0n) is 17.8. The van der Waals surface area contributed by atoms with Crippen LogP contribution in [0.2, 0.25) is 0 Å². The van der Waals surface area contributed by atoms with E-state index in [2.05, 4.69) is 40.7 Å². The van der Waals surface area contributed by atoms with Gasteiger partial charge in [0.15, 0.2) is 0 Å². The lowest BCUT2D eigenvalue weighted by atomic mass is 9.96. The van der Waals surface area contributed by atoms with Gasteiger partial charge in [-0.3, -0.25) is 0 Å². The van der Waals surface area contributed by atoms with E-state index >= 15 is 0 Å². The second-order valence-electron chi connectivity index (χ2n) is 7.05. The molecule has 2 aromatic carbocycles. The lowest BCUT2D eigenvalue weighted by Crippen LogP contribution is -1.98. The van der Waals surface area contributed by atoms with Crippen LogP contribution in [0.15, 0.2) is 72.4 Å². The van der Waals surface area contributed by atoms with Gasteiger partial charge in [0.1, 0.15) is 5.82 Å². The minimum atomic E-state index is -0.363. The Labute approximate surface area is 190 Å². The third kappa shape index (κ3) is 4.39. The van der Waals surface area contributed by atoms with Crippen molar-refractivity contribution in [2.45, 2.75) is 13.8 Å². The Morgan fingerprint density at radius 1 is 1.16 bits per heavy atom. The van der Waals surface area contributed by atoms with Gasteiger partial charge in [0.25, 0.3) is 0 Å². The predicted molar refractivity (Wildman–Crippen MR) is 127 cm³/mol. The van der Waals surface area contributed by atoms with Crippen molar-refractivity contribution in [2.75, 3.05) is 6.61 Å². The van der Waals surface area contributed by atoms with Crippen LogP contribution in [0.5, 0.6) is 0 Å². The van der Waals surface area contributed by atoms with Crippen LogP contribution in [0.4, 0.5) is 0 Å². The van der Waals surface area contributed by atoms with Gasteiger partial charge in [-0.2, -0.15) is 5.26 Å². The Morgan fingerprint density at radius 3 is 2.50 bits per heavy atom. The molecule has 0 aliphatic carbocycles. The number of nitriles is 1. The van der Waals surface area contributed by atoms with Crippen molar-refractivity contribution < 1.29 is 9.53 Å². The number of carbonyl (C=O) groups is 1. The quantitative estimate of drug-likeness (QED) is 0.272. The fourth-order valence-corrected chi connectivity index (χ4v) is 4.49. The summed E-state index contributed by atoms with van der Waals surface area (Å²) in [5, 5.41) is 11.2. The number of hydrogen-bond acceptors (Lipinski definition) is 5. The van der Waals surface area contributed by atoms with Crippen LogP contribution in [-0.2, 0) is 9.53 Å². The van der Waals surface area contributed by atoms with Gasteiger partial charge in [0, 0.05) is 40.2 Å². The van der Waals surface area contributed by atoms with Crippen LogP contribution in [0.1, 0.15) is 23.2 Å². The molecule has 32 heavy (non-hydrogen) atoms. The fourth-order valence-electron chi connectivity index (χ4n) is 3.50. The van der Waals surface area contributed by atoms with Gasteiger partial charge in [-0.1, -0.05) is 24.3 Å². The molecule has 0 saturated carbocycles.